The van der Waals surface area contributed by atoms with E-state index in [0.29, 0.717) is 6.10 Å². The molecule has 10 heavy (non-hydrogen) atoms. The van der Waals surface area contributed by atoms with E-state index in [4.69, 9.17) is 9.84 Å². The van der Waals surface area contributed by atoms with Crippen molar-refractivity contribution in [2.24, 2.45) is 5.92 Å². The minimum Gasteiger partial charge on any atom is -0.481 e. The maximum absolute atomic E-state index is 10.5. The van der Waals surface area contributed by atoms with E-state index in [1.807, 2.05) is 0 Å². The molecule has 3 atom stereocenters. The first-order valence-electron chi connectivity index (χ1n) is 3.65. The Morgan fingerprint density at radius 2 is 2.20 bits per heavy atom. The van der Waals surface area contributed by atoms with Crippen LogP contribution in [0, 0.1) is 5.92 Å². The Hall–Kier alpha value is -0.570. The van der Waals surface area contributed by atoms with Gasteiger partial charge in [-0.2, -0.15) is 0 Å². The topological polar surface area (TPSA) is 49.8 Å². The predicted molar refractivity (Wildman–Crippen MR) is 33.6 cm³/mol. The van der Waals surface area contributed by atoms with Gasteiger partial charge in [-0.25, -0.2) is 0 Å². The fourth-order valence-electron chi connectivity index (χ4n) is 1.63. The molecule has 56 valence electrons. The third-order valence-corrected chi connectivity index (χ3v) is 2.35. The average molecular weight is 142 g/mol. The van der Waals surface area contributed by atoms with Gasteiger partial charge in [0.25, 0.3) is 0 Å². The van der Waals surface area contributed by atoms with E-state index >= 15 is 0 Å². The summed E-state index contributed by atoms with van der Waals surface area (Å²) in [5, 5.41) is 8.62. The SMILES string of the molecule is O=C(O)C1CC[C@H]2OC2C1. The van der Waals surface area contributed by atoms with Crippen molar-refractivity contribution in [2.45, 2.75) is 31.5 Å². The van der Waals surface area contributed by atoms with Crippen LogP contribution in [0.15, 0.2) is 0 Å². The number of hydrogen-bond donors (Lipinski definition) is 1. The Morgan fingerprint density at radius 1 is 1.40 bits per heavy atom. The molecule has 1 saturated carbocycles. The Labute approximate surface area is 59.0 Å². The lowest BCUT2D eigenvalue weighted by Gasteiger charge is -2.12. The molecule has 2 fully saturated rings. The zero-order valence-electron chi connectivity index (χ0n) is 5.62. The number of fused-ring (bicyclic) bond motifs is 1. The molecule has 1 aliphatic heterocycles. The number of carbonyl (C=O) groups is 1. The van der Waals surface area contributed by atoms with Crippen molar-refractivity contribution in [3.63, 3.8) is 0 Å². The lowest BCUT2D eigenvalue weighted by atomic mass is 9.90. The van der Waals surface area contributed by atoms with Gasteiger partial charge >= 0.3 is 5.97 Å². The van der Waals surface area contributed by atoms with Crippen LogP contribution in [0.5, 0.6) is 0 Å². The minimum absolute atomic E-state index is 0.135. The highest BCUT2D eigenvalue weighted by Gasteiger charge is 2.45. The molecule has 1 N–H and O–H groups in total. The summed E-state index contributed by atoms with van der Waals surface area (Å²) in [5.74, 6) is -0.794. The molecule has 1 heterocycles. The molecule has 3 heteroatoms. The Kier molecular flexibility index (Phi) is 1.20. The number of carboxylic acid groups (broad SMARTS) is 1. The molecule has 2 aliphatic rings. The highest BCUT2D eigenvalue weighted by Crippen LogP contribution is 2.39. The fourth-order valence-corrected chi connectivity index (χ4v) is 1.63. The van der Waals surface area contributed by atoms with Crippen molar-refractivity contribution in [1.29, 1.82) is 0 Å². The second-order valence-electron chi connectivity index (χ2n) is 3.06. The van der Waals surface area contributed by atoms with Crippen LogP contribution in [0.2, 0.25) is 0 Å². The number of rotatable bonds is 1. The largest absolute Gasteiger partial charge is 0.481 e. The van der Waals surface area contributed by atoms with Crippen LogP contribution in [0.1, 0.15) is 19.3 Å². The van der Waals surface area contributed by atoms with Crippen molar-refractivity contribution >= 4 is 5.97 Å². The first-order valence-corrected chi connectivity index (χ1v) is 3.65. The average Bonchev–Trinajstić information content (AvgIpc) is 2.63. The van der Waals surface area contributed by atoms with Crippen molar-refractivity contribution in [1.82, 2.24) is 0 Å². The number of epoxide rings is 1. The smallest absolute Gasteiger partial charge is 0.306 e. The Morgan fingerprint density at radius 3 is 2.80 bits per heavy atom. The second-order valence-corrected chi connectivity index (χ2v) is 3.06. The molecule has 0 aromatic carbocycles. The molecular weight excluding hydrogens is 132 g/mol. The van der Waals surface area contributed by atoms with E-state index in [-0.39, 0.29) is 12.0 Å². The van der Waals surface area contributed by atoms with Crippen LogP contribution in [0.4, 0.5) is 0 Å². The van der Waals surface area contributed by atoms with Gasteiger partial charge in [-0.05, 0) is 19.3 Å². The van der Waals surface area contributed by atoms with Crippen molar-refractivity contribution in [2.75, 3.05) is 0 Å². The van der Waals surface area contributed by atoms with E-state index in [1.165, 1.54) is 0 Å². The standard InChI is InChI=1S/C7H10O3/c8-7(9)4-1-2-5-6(3-4)10-5/h4-6H,1-3H2,(H,8,9)/t4?,5-,6?/m1/s1. The maximum Gasteiger partial charge on any atom is 0.306 e. The van der Waals surface area contributed by atoms with Crippen LogP contribution in [0.25, 0.3) is 0 Å². The Balaban J connectivity index is 1.94. The first kappa shape index (κ1) is 6.16. The van der Waals surface area contributed by atoms with Gasteiger partial charge in [0.1, 0.15) is 0 Å². The van der Waals surface area contributed by atoms with Crippen molar-refractivity contribution in [3.8, 4) is 0 Å². The van der Waals surface area contributed by atoms with Crippen molar-refractivity contribution in [3.05, 3.63) is 0 Å². The number of ether oxygens (including phenoxy) is 1. The molecule has 1 aliphatic carbocycles. The lowest BCUT2D eigenvalue weighted by molar-refractivity contribution is -0.142. The predicted octanol–water partition coefficient (Wildman–Crippen LogP) is 0.638. The van der Waals surface area contributed by atoms with E-state index in [1.54, 1.807) is 0 Å². The zero-order chi connectivity index (χ0) is 7.14. The molecule has 2 rings (SSSR count). The number of hydrogen-bond acceptors (Lipinski definition) is 2. The maximum atomic E-state index is 10.5. The summed E-state index contributed by atoms with van der Waals surface area (Å²) in [7, 11) is 0. The molecular formula is C7H10O3. The third kappa shape index (κ3) is 0.904. The molecule has 1 saturated heterocycles. The van der Waals surface area contributed by atoms with Crippen LogP contribution < -0.4 is 0 Å². The van der Waals surface area contributed by atoms with Crippen LogP contribution in [-0.4, -0.2) is 23.3 Å². The molecule has 0 bridgehead atoms. The molecule has 0 amide bonds. The summed E-state index contributed by atoms with van der Waals surface area (Å²) in [6, 6.07) is 0. The van der Waals surface area contributed by atoms with E-state index in [2.05, 4.69) is 0 Å². The third-order valence-electron chi connectivity index (χ3n) is 2.35. The van der Waals surface area contributed by atoms with Gasteiger partial charge in [-0.15, -0.1) is 0 Å². The minimum atomic E-state index is -0.658. The summed E-state index contributed by atoms with van der Waals surface area (Å²) in [4.78, 5) is 10.5. The Bertz CT molecular complexity index is 166. The van der Waals surface area contributed by atoms with Gasteiger partial charge in [-0.1, -0.05) is 0 Å². The number of aliphatic carboxylic acids is 1. The van der Waals surface area contributed by atoms with Crippen LogP contribution >= 0.6 is 0 Å². The van der Waals surface area contributed by atoms with E-state index in [9.17, 15) is 4.79 Å². The van der Waals surface area contributed by atoms with Gasteiger partial charge in [0.05, 0.1) is 18.1 Å². The monoisotopic (exact) mass is 142 g/mol. The van der Waals surface area contributed by atoms with Crippen molar-refractivity contribution < 1.29 is 14.6 Å². The summed E-state index contributed by atoms with van der Waals surface area (Å²) in [5.41, 5.74) is 0. The second kappa shape index (κ2) is 1.95. The van der Waals surface area contributed by atoms with Crippen LogP contribution in [0.3, 0.4) is 0 Å². The molecule has 0 radical (unpaired) electrons. The van der Waals surface area contributed by atoms with E-state index in [0.717, 1.165) is 19.3 Å². The highest BCUT2D eigenvalue weighted by atomic mass is 16.6. The van der Waals surface area contributed by atoms with Gasteiger partial charge in [0.2, 0.25) is 0 Å². The summed E-state index contributed by atoms with van der Waals surface area (Å²) >= 11 is 0. The summed E-state index contributed by atoms with van der Waals surface area (Å²) < 4.78 is 5.19. The molecule has 0 aromatic rings. The van der Waals surface area contributed by atoms with Gasteiger partial charge in [0, 0.05) is 0 Å². The molecule has 0 aromatic heterocycles. The summed E-state index contributed by atoms with van der Waals surface area (Å²) in [6.07, 6.45) is 3.18. The van der Waals surface area contributed by atoms with Gasteiger partial charge < -0.3 is 9.84 Å². The van der Waals surface area contributed by atoms with Gasteiger partial charge in [-0.3, -0.25) is 4.79 Å². The molecule has 0 spiro atoms. The lowest BCUT2D eigenvalue weighted by Crippen LogP contribution is -2.21. The summed E-state index contributed by atoms with van der Waals surface area (Å²) in [6.45, 7) is 0. The first-order chi connectivity index (χ1) is 4.77. The van der Waals surface area contributed by atoms with Gasteiger partial charge in [0.15, 0.2) is 0 Å². The zero-order valence-corrected chi connectivity index (χ0v) is 5.62. The molecule has 3 nitrogen and oxygen atoms in total. The number of carboxylic acids is 1. The highest BCUT2D eigenvalue weighted by molar-refractivity contribution is 5.70. The normalized spacial score (nSPS) is 44.2. The molecule has 2 unspecified atom stereocenters. The fraction of sp³-hybridized carbons (Fsp3) is 0.857. The van der Waals surface area contributed by atoms with E-state index < -0.39 is 5.97 Å². The quantitative estimate of drug-likeness (QED) is 0.546. The van der Waals surface area contributed by atoms with Crippen LogP contribution in [-0.2, 0) is 9.53 Å².